The van der Waals surface area contributed by atoms with E-state index < -0.39 is 0 Å². The van der Waals surface area contributed by atoms with Gasteiger partial charge in [-0.1, -0.05) is 30.3 Å². The summed E-state index contributed by atoms with van der Waals surface area (Å²) in [5, 5.41) is 3.04. The summed E-state index contributed by atoms with van der Waals surface area (Å²) in [6.45, 7) is 5.15. The minimum Gasteiger partial charge on any atom is -0.496 e. The summed E-state index contributed by atoms with van der Waals surface area (Å²) in [5.41, 5.74) is 1.59. The summed E-state index contributed by atoms with van der Waals surface area (Å²) in [6, 6.07) is 14.4. The second-order valence-electron chi connectivity index (χ2n) is 6.75. The number of para-hydroxylation sites is 2. The van der Waals surface area contributed by atoms with Gasteiger partial charge in [-0.3, -0.25) is 9.69 Å². The monoisotopic (exact) mass is 371 g/mol. The van der Waals surface area contributed by atoms with Crippen molar-refractivity contribution in [3.63, 3.8) is 0 Å². The molecule has 1 N–H and O–H groups in total. The third-order valence-corrected chi connectivity index (χ3v) is 4.92. The minimum absolute atomic E-state index is 0.0206. The summed E-state index contributed by atoms with van der Waals surface area (Å²) in [5.74, 6) is 0.547. The van der Waals surface area contributed by atoms with Crippen molar-refractivity contribution in [1.82, 2.24) is 10.2 Å². The number of hydrogen-bond acceptors (Lipinski definition) is 4. The maximum Gasteiger partial charge on any atom is 0.234 e. The number of carbonyl (C=O) groups excluding carboxylic acids is 1. The fraction of sp³-hybridized carbons (Fsp3) is 0.381. The first-order valence-electron chi connectivity index (χ1n) is 9.22. The molecule has 1 aliphatic rings. The zero-order valence-electron chi connectivity index (χ0n) is 15.8. The number of halogens is 1. The average Bonchev–Trinajstić information content (AvgIpc) is 2.69. The Balaban J connectivity index is 1.50. The molecule has 5 nitrogen and oxygen atoms in total. The first-order chi connectivity index (χ1) is 13.1. The molecule has 1 atom stereocenters. The fourth-order valence-electron chi connectivity index (χ4n) is 3.45. The maximum absolute atomic E-state index is 13.9. The summed E-state index contributed by atoms with van der Waals surface area (Å²) in [6.07, 6.45) is 0. The molecule has 2 aromatic rings. The smallest absolute Gasteiger partial charge is 0.234 e. The van der Waals surface area contributed by atoms with Crippen LogP contribution in [0.1, 0.15) is 18.5 Å². The highest BCUT2D eigenvalue weighted by molar-refractivity contribution is 5.78. The standard InChI is InChI=1S/C21H26FN3O2/c1-16(17-7-3-6-10-20(17)27-2)23-21(26)15-24-11-13-25(14-12-24)19-9-5-4-8-18(19)22/h3-10,16H,11-15H2,1-2H3,(H,23,26). The Morgan fingerprint density at radius 3 is 2.48 bits per heavy atom. The quantitative estimate of drug-likeness (QED) is 0.848. The van der Waals surface area contributed by atoms with E-state index in [1.165, 1.54) is 6.07 Å². The highest BCUT2D eigenvalue weighted by Crippen LogP contribution is 2.24. The van der Waals surface area contributed by atoms with Crippen LogP contribution in [0.25, 0.3) is 0 Å². The number of hydrogen-bond donors (Lipinski definition) is 1. The molecule has 6 heteroatoms. The van der Waals surface area contributed by atoms with Crippen molar-refractivity contribution in [3.05, 3.63) is 59.9 Å². The average molecular weight is 371 g/mol. The Hall–Kier alpha value is -2.60. The molecule has 1 heterocycles. The van der Waals surface area contributed by atoms with Crippen molar-refractivity contribution in [1.29, 1.82) is 0 Å². The van der Waals surface area contributed by atoms with E-state index in [-0.39, 0.29) is 17.8 Å². The van der Waals surface area contributed by atoms with Crippen molar-refractivity contribution < 1.29 is 13.9 Å². The molecule has 0 spiro atoms. The number of benzene rings is 2. The predicted octanol–water partition coefficient (Wildman–Crippen LogP) is 2.83. The molecule has 0 aliphatic carbocycles. The lowest BCUT2D eigenvalue weighted by Gasteiger charge is -2.36. The van der Waals surface area contributed by atoms with Gasteiger partial charge in [0.05, 0.1) is 25.4 Å². The van der Waals surface area contributed by atoms with E-state index >= 15 is 0 Å². The van der Waals surface area contributed by atoms with E-state index in [2.05, 4.69) is 10.2 Å². The number of piperazine rings is 1. The van der Waals surface area contributed by atoms with Crippen molar-refractivity contribution in [2.24, 2.45) is 0 Å². The molecule has 0 bridgehead atoms. The Morgan fingerprint density at radius 1 is 1.11 bits per heavy atom. The highest BCUT2D eigenvalue weighted by Gasteiger charge is 2.22. The summed E-state index contributed by atoms with van der Waals surface area (Å²) in [4.78, 5) is 16.6. The molecular formula is C21H26FN3O2. The number of nitrogens with one attached hydrogen (secondary N) is 1. The van der Waals surface area contributed by atoms with E-state index in [4.69, 9.17) is 4.74 Å². The van der Waals surface area contributed by atoms with Gasteiger partial charge in [-0.05, 0) is 25.1 Å². The van der Waals surface area contributed by atoms with Crippen LogP contribution in [0.15, 0.2) is 48.5 Å². The lowest BCUT2D eigenvalue weighted by atomic mass is 10.1. The topological polar surface area (TPSA) is 44.8 Å². The highest BCUT2D eigenvalue weighted by atomic mass is 19.1. The van der Waals surface area contributed by atoms with E-state index in [0.717, 1.165) is 24.4 Å². The first-order valence-corrected chi connectivity index (χ1v) is 9.22. The van der Waals surface area contributed by atoms with Crippen LogP contribution in [-0.4, -0.2) is 50.6 Å². The molecule has 0 saturated carbocycles. The molecule has 1 fully saturated rings. The Labute approximate surface area is 159 Å². The minimum atomic E-state index is -0.200. The maximum atomic E-state index is 13.9. The second kappa shape index (κ2) is 8.86. The number of ether oxygens (including phenoxy) is 1. The Morgan fingerprint density at radius 2 is 1.78 bits per heavy atom. The Kier molecular flexibility index (Phi) is 6.29. The van der Waals surface area contributed by atoms with Gasteiger partial charge in [0.15, 0.2) is 0 Å². The number of amides is 1. The van der Waals surface area contributed by atoms with Crippen LogP contribution in [0, 0.1) is 5.82 Å². The zero-order valence-corrected chi connectivity index (χ0v) is 15.8. The third-order valence-electron chi connectivity index (χ3n) is 4.92. The van der Waals surface area contributed by atoms with Gasteiger partial charge in [-0.15, -0.1) is 0 Å². The van der Waals surface area contributed by atoms with E-state index in [1.807, 2.05) is 42.2 Å². The molecule has 1 aliphatic heterocycles. The second-order valence-corrected chi connectivity index (χ2v) is 6.75. The van der Waals surface area contributed by atoms with Gasteiger partial charge in [0.1, 0.15) is 11.6 Å². The fourth-order valence-corrected chi connectivity index (χ4v) is 3.45. The molecule has 1 unspecified atom stereocenters. The summed E-state index contributed by atoms with van der Waals surface area (Å²) in [7, 11) is 1.63. The van der Waals surface area contributed by atoms with Gasteiger partial charge in [-0.2, -0.15) is 0 Å². The van der Waals surface area contributed by atoms with Crippen molar-refractivity contribution >= 4 is 11.6 Å². The van der Waals surface area contributed by atoms with Gasteiger partial charge in [-0.25, -0.2) is 4.39 Å². The SMILES string of the molecule is COc1ccccc1C(C)NC(=O)CN1CCN(c2ccccc2F)CC1. The number of carbonyl (C=O) groups is 1. The predicted molar refractivity (Wildman–Crippen MR) is 105 cm³/mol. The van der Waals surface area contributed by atoms with Crippen LogP contribution in [0.3, 0.4) is 0 Å². The number of methoxy groups -OCH3 is 1. The molecule has 2 aromatic carbocycles. The molecule has 144 valence electrons. The lowest BCUT2D eigenvalue weighted by molar-refractivity contribution is -0.123. The van der Waals surface area contributed by atoms with Crippen LogP contribution in [0.5, 0.6) is 5.75 Å². The number of anilines is 1. The van der Waals surface area contributed by atoms with Crippen LogP contribution in [-0.2, 0) is 4.79 Å². The van der Waals surface area contributed by atoms with Crippen molar-refractivity contribution in [2.75, 3.05) is 44.7 Å². The van der Waals surface area contributed by atoms with Crippen molar-refractivity contribution in [3.8, 4) is 5.75 Å². The zero-order chi connectivity index (χ0) is 19.2. The Bertz CT molecular complexity index is 776. The third kappa shape index (κ3) is 4.77. The first kappa shape index (κ1) is 19.2. The van der Waals surface area contributed by atoms with Crippen LogP contribution in [0.4, 0.5) is 10.1 Å². The molecule has 3 rings (SSSR count). The number of rotatable bonds is 6. The van der Waals surface area contributed by atoms with E-state index in [9.17, 15) is 9.18 Å². The lowest BCUT2D eigenvalue weighted by Crippen LogP contribution is -2.49. The largest absolute Gasteiger partial charge is 0.496 e. The van der Waals surface area contributed by atoms with Gasteiger partial charge >= 0.3 is 0 Å². The van der Waals surface area contributed by atoms with Crippen LogP contribution >= 0.6 is 0 Å². The summed E-state index contributed by atoms with van der Waals surface area (Å²) >= 11 is 0. The van der Waals surface area contributed by atoms with E-state index in [0.29, 0.717) is 25.3 Å². The van der Waals surface area contributed by atoms with E-state index in [1.54, 1.807) is 19.2 Å². The molecule has 27 heavy (non-hydrogen) atoms. The number of nitrogens with zero attached hydrogens (tertiary/aromatic N) is 2. The molecule has 1 saturated heterocycles. The molecule has 0 aromatic heterocycles. The van der Waals surface area contributed by atoms with Crippen LogP contribution in [0.2, 0.25) is 0 Å². The molecule has 1 amide bonds. The van der Waals surface area contributed by atoms with Gasteiger partial charge in [0.2, 0.25) is 5.91 Å². The van der Waals surface area contributed by atoms with Gasteiger partial charge < -0.3 is 15.0 Å². The molecular weight excluding hydrogens is 345 g/mol. The van der Waals surface area contributed by atoms with Gasteiger partial charge in [0.25, 0.3) is 0 Å². The summed E-state index contributed by atoms with van der Waals surface area (Å²) < 4.78 is 19.3. The normalized spacial score (nSPS) is 16.0. The van der Waals surface area contributed by atoms with Gasteiger partial charge in [0, 0.05) is 31.7 Å². The van der Waals surface area contributed by atoms with Crippen LogP contribution < -0.4 is 15.0 Å². The van der Waals surface area contributed by atoms with Crippen molar-refractivity contribution in [2.45, 2.75) is 13.0 Å². The molecule has 0 radical (unpaired) electrons.